The van der Waals surface area contributed by atoms with Crippen LogP contribution >= 0.6 is 11.6 Å². The Morgan fingerprint density at radius 3 is 2.61 bits per heavy atom. The Labute approximate surface area is 137 Å². The summed E-state index contributed by atoms with van der Waals surface area (Å²) in [6.45, 7) is 3.54. The standard InChI is InChI=1S/C15H16ClN3O4/c1-8-14(16)9(2)19(18-8)7-13(20)17-10-4-5-11(15(21)22)12(6-10)23-3/h4-6H,7H2,1-3H3,(H,17,20)(H,21,22). The number of aryl methyl sites for hydroxylation is 1. The number of aromatic nitrogens is 2. The van der Waals surface area contributed by atoms with Gasteiger partial charge in [0.2, 0.25) is 5.91 Å². The smallest absolute Gasteiger partial charge is 0.339 e. The van der Waals surface area contributed by atoms with E-state index in [0.29, 0.717) is 22.1 Å². The van der Waals surface area contributed by atoms with Crippen molar-refractivity contribution >= 4 is 29.2 Å². The second-order valence-electron chi connectivity index (χ2n) is 4.91. The minimum atomic E-state index is -1.10. The van der Waals surface area contributed by atoms with Crippen molar-refractivity contribution in [2.75, 3.05) is 12.4 Å². The molecule has 1 aromatic carbocycles. The number of rotatable bonds is 5. The Hall–Kier alpha value is -2.54. The van der Waals surface area contributed by atoms with Crippen molar-refractivity contribution < 1.29 is 19.4 Å². The minimum absolute atomic E-state index is 0.00237. The lowest BCUT2D eigenvalue weighted by Gasteiger charge is -2.10. The monoisotopic (exact) mass is 337 g/mol. The summed E-state index contributed by atoms with van der Waals surface area (Å²) in [5, 5.41) is 16.4. The third kappa shape index (κ3) is 3.62. The number of carbonyl (C=O) groups excluding carboxylic acids is 1. The normalized spacial score (nSPS) is 10.4. The molecular weight excluding hydrogens is 322 g/mol. The number of hydrogen-bond acceptors (Lipinski definition) is 4. The van der Waals surface area contributed by atoms with E-state index in [1.165, 1.54) is 30.0 Å². The number of halogens is 1. The molecule has 0 aliphatic heterocycles. The maximum atomic E-state index is 12.1. The van der Waals surface area contributed by atoms with Gasteiger partial charge in [0.1, 0.15) is 17.9 Å². The third-order valence-electron chi connectivity index (χ3n) is 3.30. The lowest BCUT2D eigenvalue weighted by molar-refractivity contribution is -0.116. The molecule has 0 fully saturated rings. The highest BCUT2D eigenvalue weighted by molar-refractivity contribution is 6.31. The van der Waals surface area contributed by atoms with E-state index in [1.54, 1.807) is 13.8 Å². The van der Waals surface area contributed by atoms with E-state index in [4.69, 9.17) is 21.4 Å². The maximum Gasteiger partial charge on any atom is 0.339 e. The van der Waals surface area contributed by atoms with Gasteiger partial charge >= 0.3 is 5.97 Å². The van der Waals surface area contributed by atoms with Gasteiger partial charge in [0.15, 0.2) is 0 Å². The highest BCUT2D eigenvalue weighted by Crippen LogP contribution is 2.23. The molecule has 0 unspecified atom stereocenters. The van der Waals surface area contributed by atoms with Crippen molar-refractivity contribution in [3.63, 3.8) is 0 Å². The molecule has 23 heavy (non-hydrogen) atoms. The lowest BCUT2D eigenvalue weighted by Crippen LogP contribution is -2.20. The molecule has 1 amide bonds. The van der Waals surface area contributed by atoms with Crippen molar-refractivity contribution in [2.45, 2.75) is 20.4 Å². The van der Waals surface area contributed by atoms with Gasteiger partial charge < -0.3 is 15.2 Å². The first-order chi connectivity index (χ1) is 10.8. The number of carboxylic acids is 1. The Morgan fingerprint density at radius 2 is 2.09 bits per heavy atom. The molecule has 1 aromatic heterocycles. The van der Waals surface area contributed by atoms with Crippen LogP contribution < -0.4 is 10.1 Å². The zero-order valence-corrected chi connectivity index (χ0v) is 13.6. The molecule has 0 saturated heterocycles. The highest BCUT2D eigenvalue weighted by atomic mass is 35.5. The molecule has 0 atom stereocenters. The Bertz CT molecular complexity index is 770. The van der Waals surface area contributed by atoms with Gasteiger partial charge in [-0.25, -0.2) is 4.79 Å². The van der Waals surface area contributed by atoms with Gasteiger partial charge in [-0.2, -0.15) is 5.10 Å². The number of methoxy groups -OCH3 is 1. The molecule has 1 heterocycles. The van der Waals surface area contributed by atoms with E-state index in [9.17, 15) is 9.59 Å². The molecule has 0 spiro atoms. The fraction of sp³-hybridized carbons (Fsp3) is 0.267. The quantitative estimate of drug-likeness (QED) is 0.874. The van der Waals surface area contributed by atoms with Crippen LogP contribution in [0, 0.1) is 13.8 Å². The molecule has 0 bridgehead atoms. The van der Waals surface area contributed by atoms with E-state index in [2.05, 4.69) is 10.4 Å². The van der Waals surface area contributed by atoms with E-state index < -0.39 is 5.97 Å². The molecule has 0 saturated carbocycles. The second kappa shape index (κ2) is 6.70. The number of hydrogen-bond donors (Lipinski definition) is 2. The summed E-state index contributed by atoms with van der Waals surface area (Å²) < 4.78 is 6.53. The van der Waals surface area contributed by atoms with Crippen molar-refractivity contribution in [1.82, 2.24) is 9.78 Å². The Kier molecular flexibility index (Phi) is 4.90. The van der Waals surface area contributed by atoms with Crippen LogP contribution in [0.1, 0.15) is 21.7 Å². The minimum Gasteiger partial charge on any atom is -0.496 e. The molecule has 122 valence electrons. The zero-order chi connectivity index (χ0) is 17.1. The number of aromatic carboxylic acids is 1. The van der Waals surface area contributed by atoms with Crippen LogP contribution in [-0.4, -0.2) is 33.9 Å². The zero-order valence-electron chi connectivity index (χ0n) is 12.9. The molecule has 0 aliphatic rings. The average molecular weight is 338 g/mol. The summed E-state index contributed by atoms with van der Waals surface area (Å²) in [7, 11) is 1.37. The van der Waals surface area contributed by atoms with Gasteiger partial charge in [-0.15, -0.1) is 0 Å². The second-order valence-corrected chi connectivity index (χ2v) is 5.29. The van der Waals surface area contributed by atoms with E-state index in [-0.39, 0.29) is 23.8 Å². The van der Waals surface area contributed by atoms with E-state index in [1.807, 2.05) is 0 Å². The van der Waals surface area contributed by atoms with E-state index in [0.717, 1.165) is 0 Å². The first kappa shape index (κ1) is 16.8. The Balaban J connectivity index is 2.14. The van der Waals surface area contributed by atoms with Crippen LogP contribution in [0.2, 0.25) is 5.02 Å². The highest BCUT2D eigenvalue weighted by Gasteiger charge is 2.14. The number of anilines is 1. The fourth-order valence-electron chi connectivity index (χ4n) is 2.11. The third-order valence-corrected chi connectivity index (χ3v) is 3.85. The van der Waals surface area contributed by atoms with Crippen molar-refractivity contribution in [3.05, 3.63) is 40.2 Å². The van der Waals surface area contributed by atoms with Gasteiger partial charge in [0.25, 0.3) is 0 Å². The number of amides is 1. The van der Waals surface area contributed by atoms with Crippen molar-refractivity contribution in [3.8, 4) is 5.75 Å². The molecule has 2 N–H and O–H groups in total. The van der Waals surface area contributed by atoms with Gasteiger partial charge in [-0.05, 0) is 26.0 Å². The van der Waals surface area contributed by atoms with Crippen molar-refractivity contribution in [2.24, 2.45) is 0 Å². The molecular formula is C15H16ClN3O4. The summed E-state index contributed by atoms with van der Waals surface area (Å²) >= 11 is 6.04. The van der Waals surface area contributed by atoms with Gasteiger partial charge in [0, 0.05) is 11.8 Å². The first-order valence-electron chi connectivity index (χ1n) is 6.74. The SMILES string of the molecule is COc1cc(NC(=O)Cn2nc(C)c(Cl)c2C)ccc1C(=O)O. The number of nitrogens with one attached hydrogen (secondary N) is 1. The summed E-state index contributed by atoms with van der Waals surface area (Å²) in [5.74, 6) is -1.24. The lowest BCUT2D eigenvalue weighted by atomic mass is 10.2. The number of carbonyl (C=O) groups is 2. The number of ether oxygens (including phenoxy) is 1. The molecule has 7 nitrogen and oxygen atoms in total. The van der Waals surface area contributed by atoms with E-state index >= 15 is 0 Å². The number of carboxylic acid groups (broad SMARTS) is 1. The van der Waals surface area contributed by atoms with Crippen LogP contribution in [0.5, 0.6) is 5.75 Å². The predicted octanol–water partition coefficient (Wildman–Crippen LogP) is 2.50. The van der Waals surface area contributed by atoms with Crippen LogP contribution in [-0.2, 0) is 11.3 Å². The predicted molar refractivity (Wildman–Crippen MR) is 85.3 cm³/mol. The van der Waals surface area contributed by atoms with Crippen LogP contribution in [0.4, 0.5) is 5.69 Å². The fourth-order valence-corrected chi connectivity index (χ4v) is 2.25. The number of benzene rings is 1. The summed E-state index contributed by atoms with van der Waals surface area (Å²) in [5.41, 5.74) is 1.82. The topological polar surface area (TPSA) is 93.5 Å². The summed E-state index contributed by atoms with van der Waals surface area (Å²) in [6.07, 6.45) is 0. The number of nitrogens with zero attached hydrogens (tertiary/aromatic N) is 2. The maximum absolute atomic E-state index is 12.1. The largest absolute Gasteiger partial charge is 0.496 e. The van der Waals surface area contributed by atoms with Crippen LogP contribution in [0.3, 0.4) is 0 Å². The molecule has 2 aromatic rings. The average Bonchev–Trinajstić information content (AvgIpc) is 2.74. The van der Waals surface area contributed by atoms with Gasteiger partial charge in [0.05, 0.1) is 23.5 Å². The molecule has 2 rings (SSSR count). The summed E-state index contributed by atoms with van der Waals surface area (Å²) in [4.78, 5) is 23.1. The Morgan fingerprint density at radius 1 is 1.39 bits per heavy atom. The first-order valence-corrected chi connectivity index (χ1v) is 7.12. The van der Waals surface area contributed by atoms with Crippen LogP contribution in [0.15, 0.2) is 18.2 Å². The van der Waals surface area contributed by atoms with Crippen molar-refractivity contribution in [1.29, 1.82) is 0 Å². The van der Waals surface area contributed by atoms with Gasteiger partial charge in [-0.3, -0.25) is 9.48 Å². The molecule has 0 radical (unpaired) electrons. The van der Waals surface area contributed by atoms with Gasteiger partial charge in [-0.1, -0.05) is 11.6 Å². The van der Waals surface area contributed by atoms with Crippen LogP contribution in [0.25, 0.3) is 0 Å². The molecule has 0 aliphatic carbocycles. The molecule has 8 heteroatoms. The summed E-state index contributed by atoms with van der Waals surface area (Å²) in [6, 6.07) is 4.32.